The molecule has 1 atom stereocenters. The Kier molecular flexibility index (Phi) is 5.58. The summed E-state index contributed by atoms with van der Waals surface area (Å²) >= 11 is 0. The maximum absolute atomic E-state index is 6.28. The van der Waals surface area contributed by atoms with Crippen LogP contribution >= 0.6 is 0 Å². The Balaban J connectivity index is 1.53. The third-order valence-corrected chi connectivity index (χ3v) is 5.47. The van der Waals surface area contributed by atoms with Crippen molar-refractivity contribution in [2.24, 2.45) is 11.3 Å². The highest BCUT2D eigenvalue weighted by Crippen LogP contribution is 2.45. The molecule has 1 aromatic rings. The average molecular weight is 365 g/mol. The fourth-order valence-electron chi connectivity index (χ4n) is 3.80. The summed E-state index contributed by atoms with van der Waals surface area (Å²) in [6.45, 7) is 8.14. The van der Waals surface area contributed by atoms with Crippen molar-refractivity contribution in [3.8, 4) is 11.8 Å². The maximum atomic E-state index is 6.28. The van der Waals surface area contributed by atoms with Crippen LogP contribution in [-0.2, 0) is 9.47 Å². The smallest absolute Gasteiger partial charge is 0.229 e. The van der Waals surface area contributed by atoms with Crippen molar-refractivity contribution in [3.05, 3.63) is 6.07 Å². The van der Waals surface area contributed by atoms with Gasteiger partial charge in [0, 0.05) is 19.4 Å². The molecule has 1 aliphatic heterocycles. The summed E-state index contributed by atoms with van der Waals surface area (Å²) in [5, 5.41) is 3.20. The van der Waals surface area contributed by atoms with Crippen LogP contribution in [-0.4, -0.2) is 49.2 Å². The fourth-order valence-corrected chi connectivity index (χ4v) is 3.80. The Morgan fingerprint density at radius 2 is 1.77 bits per heavy atom. The highest BCUT2D eigenvalue weighted by atomic mass is 16.7. The summed E-state index contributed by atoms with van der Waals surface area (Å²) in [4.78, 5) is 8.56. The molecule has 2 heterocycles. The number of aromatic nitrogens is 2. The lowest BCUT2D eigenvalue weighted by Gasteiger charge is -2.41. The van der Waals surface area contributed by atoms with Crippen LogP contribution in [0.25, 0.3) is 0 Å². The molecule has 2 fully saturated rings. The highest BCUT2D eigenvalue weighted by Gasteiger charge is 2.45. The number of nitrogens with zero attached hydrogens (tertiary/aromatic N) is 2. The van der Waals surface area contributed by atoms with Gasteiger partial charge in [0.05, 0.1) is 26.9 Å². The zero-order valence-corrected chi connectivity index (χ0v) is 16.5. The Morgan fingerprint density at radius 3 is 2.31 bits per heavy atom. The standard InChI is InChI=1S/C19H31N3O4/c1-18(2,3)13-6-8-19(9-7-13)25-12-14(26-19)11-20-17-21-15(23-4)10-16(22-17)24-5/h10,13-14H,6-9,11-12H2,1-5H3,(H,20,21,22). The van der Waals surface area contributed by atoms with Gasteiger partial charge in [0.25, 0.3) is 0 Å². The summed E-state index contributed by atoms with van der Waals surface area (Å²) in [5.74, 6) is 1.71. The second kappa shape index (κ2) is 7.56. The van der Waals surface area contributed by atoms with Crippen LogP contribution in [0.5, 0.6) is 11.8 Å². The predicted molar refractivity (Wildman–Crippen MR) is 98.6 cm³/mol. The van der Waals surface area contributed by atoms with E-state index in [4.69, 9.17) is 18.9 Å². The molecule has 1 aromatic heterocycles. The number of hydrogen-bond acceptors (Lipinski definition) is 7. The molecule has 1 saturated carbocycles. The van der Waals surface area contributed by atoms with Crippen molar-refractivity contribution in [2.45, 2.75) is 58.3 Å². The quantitative estimate of drug-likeness (QED) is 0.858. The Labute approximate surface area is 155 Å². The summed E-state index contributed by atoms with van der Waals surface area (Å²) in [6.07, 6.45) is 4.23. The van der Waals surface area contributed by atoms with Gasteiger partial charge >= 0.3 is 0 Å². The highest BCUT2D eigenvalue weighted by molar-refractivity contribution is 5.33. The molecule has 1 saturated heterocycles. The lowest BCUT2D eigenvalue weighted by Crippen LogP contribution is -2.39. The zero-order chi connectivity index (χ0) is 18.8. The van der Waals surface area contributed by atoms with Gasteiger partial charge in [-0.15, -0.1) is 0 Å². The SMILES string of the molecule is COc1cc(OC)nc(NCC2COC3(CCC(C(C)(C)C)CC3)O2)n1. The number of anilines is 1. The van der Waals surface area contributed by atoms with E-state index in [2.05, 4.69) is 36.1 Å². The van der Waals surface area contributed by atoms with E-state index in [-0.39, 0.29) is 6.10 Å². The van der Waals surface area contributed by atoms with E-state index < -0.39 is 5.79 Å². The first kappa shape index (κ1) is 19.2. The molecule has 1 aliphatic carbocycles. The third kappa shape index (κ3) is 4.38. The second-order valence-corrected chi connectivity index (χ2v) is 8.26. The van der Waals surface area contributed by atoms with Crippen molar-refractivity contribution in [1.82, 2.24) is 9.97 Å². The molecule has 3 rings (SSSR count). The minimum Gasteiger partial charge on any atom is -0.481 e. The Morgan fingerprint density at radius 1 is 1.15 bits per heavy atom. The number of nitrogens with one attached hydrogen (secondary N) is 1. The third-order valence-electron chi connectivity index (χ3n) is 5.47. The van der Waals surface area contributed by atoms with Gasteiger partial charge in [-0.3, -0.25) is 0 Å². The topological polar surface area (TPSA) is 74.7 Å². The van der Waals surface area contributed by atoms with Crippen LogP contribution < -0.4 is 14.8 Å². The maximum Gasteiger partial charge on any atom is 0.229 e. The predicted octanol–water partition coefficient (Wildman–Crippen LogP) is 3.25. The summed E-state index contributed by atoms with van der Waals surface area (Å²) in [5.41, 5.74) is 0.351. The molecule has 0 amide bonds. The summed E-state index contributed by atoms with van der Waals surface area (Å²) in [7, 11) is 3.13. The Hall–Kier alpha value is -1.60. The van der Waals surface area contributed by atoms with Crippen molar-refractivity contribution >= 4 is 5.95 Å². The van der Waals surface area contributed by atoms with Crippen LogP contribution in [0.3, 0.4) is 0 Å². The minimum absolute atomic E-state index is 0.0121. The lowest BCUT2D eigenvalue weighted by atomic mass is 9.71. The first-order valence-corrected chi connectivity index (χ1v) is 9.36. The van der Waals surface area contributed by atoms with E-state index in [1.165, 1.54) is 0 Å². The van der Waals surface area contributed by atoms with Gasteiger partial charge in [-0.25, -0.2) is 0 Å². The van der Waals surface area contributed by atoms with Crippen LogP contribution in [0, 0.1) is 11.3 Å². The molecule has 1 unspecified atom stereocenters. The molecule has 0 aromatic carbocycles. The largest absolute Gasteiger partial charge is 0.481 e. The van der Waals surface area contributed by atoms with E-state index in [9.17, 15) is 0 Å². The molecule has 7 nitrogen and oxygen atoms in total. The second-order valence-electron chi connectivity index (χ2n) is 8.26. The minimum atomic E-state index is -0.402. The van der Waals surface area contributed by atoms with E-state index in [0.717, 1.165) is 31.6 Å². The molecule has 1 spiro atoms. The lowest BCUT2D eigenvalue weighted by molar-refractivity contribution is -0.195. The number of hydrogen-bond donors (Lipinski definition) is 1. The summed E-state index contributed by atoms with van der Waals surface area (Å²) in [6, 6.07) is 1.64. The number of ether oxygens (including phenoxy) is 4. The van der Waals surface area contributed by atoms with Gasteiger partial charge < -0.3 is 24.3 Å². The molecule has 146 valence electrons. The Bertz CT molecular complexity index is 587. The fraction of sp³-hybridized carbons (Fsp3) is 0.789. The van der Waals surface area contributed by atoms with Crippen LogP contribution in [0.15, 0.2) is 6.07 Å². The van der Waals surface area contributed by atoms with Crippen molar-refractivity contribution in [1.29, 1.82) is 0 Å². The first-order valence-electron chi connectivity index (χ1n) is 9.36. The van der Waals surface area contributed by atoms with Crippen molar-refractivity contribution in [3.63, 3.8) is 0 Å². The van der Waals surface area contributed by atoms with E-state index in [0.29, 0.717) is 36.3 Å². The number of rotatable bonds is 5. The van der Waals surface area contributed by atoms with E-state index in [1.807, 2.05) is 0 Å². The molecule has 7 heteroatoms. The molecule has 0 radical (unpaired) electrons. The average Bonchev–Trinajstić information content (AvgIpc) is 3.01. The van der Waals surface area contributed by atoms with Gasteiger partial charge in [0.15, 0.2) is 5.79 Å². The van der Waals surface area contributed by atoms with Crippen molar-refractivity contribution < 1.29 is 18.9 Å². The molecular weight excluding hydrogens is 334 g/mol. The zero-order valence-electron chi connectivity index (χ0n) is 16.5. The van der Waals surface area contributed by atoms with Crippen molar-refractivity contribution in [2.75, 3.05) is 32.7 Å². The van der Waals surface area contributed by atoms with E-state index >= 15 is 0 Å². The molecule has 2 aliphatic rings. The van der Waals surface area contributed by atoms with Crippen LogP contribution in [0.1, 0.15) is 46.5 Å². The molecule has 26 heavy (non-hydrogen) atoms. The van der Waals surface area contributed by atoms with Crippen LogP contribution in [0.4, 0.5) is 5.95 Å². The molecule has 1 N–H and O–H groups in total. The van der Waals surface area contributed by atoms with Gasteiger partial charge in [-0.2, -0.15) is 9.97 Å². The summed E-state index contributed by atoms with van der Waals surface area (Å²) < 4.78 is 22.7. The van der Waals surface area contributed by atoms with Crippen LogP contribution in [0.2, 0.25) is 0 Å². The monoisotopic (exact) mass is 365 g/mol. The van der Waals surface area contributed by atoms with Gasteiger partial charge in [-0.05, 0) is 24.2 Å². The van der Waals surface area contributed by atoms with Gasteiger partial charge in [0.2, 0.25) is 17.7 Å². The van der Waals surface area contributed by atoms with E-state index in [1.54, 1.807) is 20.3 Å². The first-order chi connectivity index (χ1) is 12.3. The number of methoxy groups -OCH3 is 2. The molecular formula is C19H31N3O4. The normalized spacial score (nSPS) is 29.0. The molecule has 0 bridgehead atoms. The van der Waals surface area contributed by atoms with Gasteiger partial charge in [-0.1, -0.05) is 20.8 Å². The van der Waals surface area contributed by atoms with Gasteiger partial charge in [0.1, 0.15) is 6.10 Å².